The lowest BCUT2D eigenvalue weighted by Crippen LogP contribution is -1.86. The van der Waals surface area contributed by atoms with Crippen molar-refractivity contribution >= 4 is 6.08 Å². The minimum absolute atomic E-state index is 1.05. The van der Waals surface area contributed by atoms with Gasteiger partial charge in [-0.3, -0.25) is 0 Å². The van der Waals surface area contributed by atoms with Crippen LogP contribution in [0.1, 0.15) is 24.5 Å². The number of rotatable bonds is 4. The van der Waals surface area contributed by atoms with Gasteiger partial charge >= 0.3 is 0 Å². The summed E-state index contributed by atoms with van der Waals surface area (Å²) in [4.78, 5) is 0. The lowest BCUT2D eigenvalue weighted by Gasteiger charge is -2.04. The Morgan fingerprint density at radius 1 is 0.824 bits per heavy atom. The quantitative estimate of drug-likeness (QED) is 0.700. The van der Waals surface area contributed by atoms with Crippen molar-refractivity contribution in [2.45, 2.75) is 13.3 Å². The summed E-state index contributed by atoms with van der Waals surface area (Å²) in [5, 5.41) is 0. The highest BCUT2D eigenvalue weighted by Crippen LogP contribution is 2.17. The van der Waals surface area contributed by atoms with Crippen LogP contribution < -0.4 is 0 Å². The maximum Gasteiger partial charge on any atom is 0.0158 e. The van der Waals surface area contributed by atoms with E-state index in [4.69, 9.17) is 0 Å². The summed E-state index contributed by atoms with van der Waals surface area (Å²) in [6.07, 6.45) is 5.53. The summed E-state index contributed by atoms with van der Waals surface area (Å²) in [7, 11) is 0. The molecule has 0 N–H and O–H groups in total. The summed E-state index contributed by atoms with van der Waals surface area (Å²) in [6.45, 7) is 2.19. The van der Waals surface area contributed by atoms with Crippen molar-refractivity contribution in [2.24, 2.45) is 0 Å². The van der Waals surface area contributed by atoms with Crippen LogP contribution in [0.3, 0.4) is 0 Å². The van der Waals surface area contributed by atoms with Gasteiger partial charge < -0.3 is 0 Å². The molecule has 17 heavy (non-hydrogen) atoms. The zero-order chi connectivity index (χ0) is 11.9. The molecule has 2 aromatic rings. The van der Waals surface area contributed by atoms with E-state index in [9.17, 15) is 0 Å². The van der Waals surface area contributed by atoms with E-state index in [1.165, 1.54) is 16.7 Å². The van der Waals surface area contributed by atoms with Crippen LogP contribution in [-0.4, -0.2) is 0 Å². The van der Waals surface area contributed by atoms with Gasteiger partial charge in [0.2, 0.25) is 0 Å². The number of hydrogen-bond acceptors (Lipinski definition) is 0. The van der Waals surface area contributed by atoms with Crippen molar-refractivity contribution in [2.75, 3.05) is 0 Å². The minimum Gasteiger partial charge on any atom is -0.0622 e. The molecular weight excluding hydrogens is 204 g/mol. The van der Waals surface area contributed by atoms with Gasteiger partial charge in [-0.05, 0) is 17.5 Å². The molecule has 0 heterocycles. The Morgan fingerprint density at radius 2 is 1.35 bits per heavy atom. The molecule has 0 aromatic heterocycles. The lowest BCUT2D eigenvalue weighted by atomic mass is 10.0. The van der Waals surface area contributed by atoms with Crippen LogP contribution in [0.4, 0.5) is 0 Å². The van der Waals surface area contributed by atoms with Crippen molar-refractivity contribution in [1.82, 2.24) is 0 Å². The molecule has 0 bridgehead atoms. The highest BCUT2D eigenvalue weighted by molar-refractivity contribution is 5.56. The van der Waals surface area contributed by atoms with Crippen LogP contribution in [-0.2, 0) is 0 Å². The van der Waals surface area contributed by atoms with E-state index in [1.807, 2.05) is 12.1 Å². The van der Waals surface area contributed by atoms with Crippen LogP contribution in [0.15, 0.2) is 66.2 Å². The molecule has 0 saturated carbocycles. The zero-order valence-corrected chi connectivity index (χ0v) is 10.1. The van der Waals surface area contributed by atoms with Crippen molar-refractivity contribution < 1.29 is 0 Å². The van der Waals surface area contributed by atoms with E-state index >= 15 is 0 Å². The van der Waals surface area contributed by atoms with Gasteiger partial charge in [-0.1, -0.05) is 79.2 Å². The fourth-order valence-electron chi connectivity index (χ4n) is 1.77. The van der Waals surface area contributed by atoms with Gasteiger partial charge in [0.15, 0.2) is 0 Å². The van der Waals surface area contributed by atoms with Crippen molar-refractivity contribution in [3.05, 3.63) is 83.8 Å². The van der Waals surface area contributed by atoms with Crippen molar-refractivity contribution in [1.29, 1.82) is 0 Å². The second-order valence-corrected chi connectivity index (χ2v) is 4.04. The Morgan fingerprint density at radius 3 is 1.88 bits per heavy atom. The van der Waals surface area contributed by atoms with Crippen LogP contribution in [0.5, 0.6) is 0 Å². The molecular formula is C17H17. The standard InChI is InChI=1S/C17H17/c1-2-15(13-16-9-5-3-6-10-16)14-17-11-7-4-8-12-17/h3-14H,2H2,1H3/b15-13+. The molecule has 0 heteroatoms. The molecule has 0 spiro atoms. The Balaban J connectivity index is 2.15. The average Bonchev–Trinajstić information content (AvgIpc) is 2.40. The molecule has 0 atom stereocenters. The summed E-state index contributed by atoms with van der Waals surface area (Å²) in [6, 6.07) is 20.9. The smallest absolute Gasteiger partial charge is 0.0158 e. The van der Waals surface area contributed by atoms with Crippen LogP contribution >= 0.6 is 0 Å². The fourth-order valence-corrected chi connectivity index (χ4v) is 1.77. The SMILES string of the molecule is CC/C([CH]c1ccccc1)=C\c1ccccc1. The van der Waals surface area contributed by atoms with Crippen molar-refractivity contribution in [3.63, 3.8) is 0 Å². The molecule has 0 aliphatic rings. The predicted octanol–water partition coefficient (Wildman–Crippen LogP) is 4.73. The molecule has 85 valence electrons. The van der Waals surface area contributed by atoms with Crippen LogP contribution in [0, 0.1) is 6.42 Å². The van der Waals surface area contributed by atoms with Gasteiger partial charge in [0, 0.05) is 6.42 Å². The van der Waals surface area contributed by atoms with Gasteiger partial charge in [0.1, 0.15) is 0 Å². The molecule has 2 aromatic carbocycles. The van der Waals surface area contributed by atoms with Gasteiger partial charge in [0.25, 0.3) is 0 Å². The summed E-state index contributed by atoms with van der Waals surface area (Å²) in [5.41, 5.74) is 3.87. The monoisotopic (exact) mass is 221 g/mol. The van der Waals surface area contributed by atoms with Crippen LogP contribution in [0.25, 0.3) is 6.08 Å². The maximum absolute atomic E-state index is 2.24. The molecule has 0 amide bonds. The topological polar surface area (TPSA) is 0 Å². The molecule has 0 saturated heterocycles. The second kappa shape index (κ2) is 6.05. The van der Waals surface area contributed by atoms with E-state index in [0.717, 1.165) is 6.42 Å². The van der Waals surface area contributed by atoms with Gasteiger partial charge in [-0.15, -0.1) is 0 Å². The maximum atomic E-state index is 2.24. The molecule has 2 rings (SSSR count). The zero-order valence-electron chi connectivity index (χ0n) is 10.1. The van der Waals surface area contributed by atoms with Gasteiger partial charge in [0.05, 0.1) is 0 Å². The molecule has 0 aliphatic heterocycles. The first kappa shape index (κ1) is 11.7. The summed E-state index contributed by atoms with van der Waals surface area (Å²) in [5.74, 6) is 0. The Labute approximate surface area is 104 Å². The molecule has 1 radical (unpaired) electrons. The molecule has 0 nitrogen and oxygen atoms in total. The first-order valence-corrected chi connectivity index (χ1v) is 6.04. The first-order valence-electron chi connectivity index (χ1n) is 6.04. The summed E-state index contributed by atoms with van der Waals surface area (Å²) < 4.78 is 0. The average molecular weight is 221 g/mol. The van der Waals surface area contributed by atoms with E-state index in [2.05, 4.69) is 68.0 Å². The third kappa shape index (κ3) is 3.60. The van der Waals surface area contributed by atoms with Gasteiger partial charge in [-0.25, -0.2) is 0 Å². The fraction of sp³-hybridized carbons (Fsp3) is 0.118. The predicted molar refractivity (Wildman–Crippen MR) is 74.6 cm³/mol. The Kier molecular flexibility index (Phi) is 4.15. The number of benzene rings is 2. The Bertz CT molecular complexity index is 466. The van der Waals surface area contributed by atoms with E-state index < -0.39 is 0 Å². The van der Waals surface area contributed by atoms with E-state index in [0.29, 0.717) is 0 Å². The lowest BCUT2D eigenvalue weighted by molar-refractivity contribution is 1.13. The highest BCUT2D eigenvalue weighted by atomic mass is 14.0. The normalized spacial score (nSPS) is 11.5. The molecule has 0 fully saturated rings. The third-order valence-electron chi connectivity index (χ3n) is 2.71. The van der Waals surface area contributed by atoms with E-state index in [-0.39, 0.29) is 0 Å². The Hall–Kier alpha value is -1.82. The second-order valence-electron chi connectivity index (χ2n) is 4.04. The van der Waals surface area contributed by atoms with Crippen molar-refractivity contribution in [3.8, 4) is 0 Å². The van der Waals surface area contributed by atoms with E-state index in [1.54, 1.807) is 0 Å². The van der Waals surface area contributed by atoms with Gasteiger partial charge in [-0.2, -0.15) is 0 Å². The largest absolute Gasteiger partial charge is 0.0622 e. The third-order valence-corrected chi connectivity index (χ3v) is 2.71. The molecule has 0 unspecified atom stereocenters. The highest BCUT2D eigenvalue weighted by Gasteiger charge is 1.98. The summed E-state index contributed by atoms with van der Waals surface area (Å²) >= 11 is 0. The first-order chi connectivity index (χ1) is 8.38. The van der Waals surface area contributed by atoms with Crippen LogP contribution in [0.2, 0.25) is 0 Å². The minimum atomic E-state index is 1.05. The number of hydrogen-bond donors (Lipinski definition) is 0. The number of allylic oxidation sites excluding steroid dienone is 1. The molecule has 0 aliphatic carbocycles.